The molecule has 3 atom stereocenters. The number of aliphatic hydroxyl groups excluding tert-OH is 3. The van der Waals surface area contributed by atoms with E-state index in [0.717, 1.165) is 6.42 Å². The van der Waals surface area contributed by atoms with Crippen LogP contribution in [0.1, 0.15) is 43.7 Å². The maximum Gasteiger partial charge on any atom is 0.247 e. The molecule has 0 aromatic heterocycles. The van der Waals surface area contributed by atoms with E-state index in [0.29, 0.717) is 38.2 Å². The zero-order valence-electron chi connectivity index (χ0n) is 22.6. The number of methoxy groups -OCH3 is 1. The molecule has 2 aromatic carbocycles. The van der Waals surface area contributed by atoms with Crippen LogP contribution in [-0.4, -0.2) is 70.5 Å². The quantitative estimate of drug-likeness (QED) is 0.241. The summed E-state index contributed by atoms with van der Waals surface area (Å²) in [6.45, 7) is 1.67. The molecule has 40 heavy (non-hydrogen) atoms. The number of rotatable bonds is 13. The summed E-state index contributed by atoms with van der Waals surface area (Å²) < 4.78 is 25.9. The number of nitrogens with one attached hydrogen (secondary N) is 1. The lowest BCUT2D eigenvalue weighted by Crippen LogP contribution is -2.54. The molecular formula is C29H36FIN2O7. The summed E-state index contributed by atoms with van der Waals surface area (Å²) in [4.78, 5) is 28.0. The average Bonchev–Trinajstić information content (AvgIpc) is 2.96. The Morgan fingerprint density at radius 1 is 1.18 bits per heavy atom. The van der Waals surface area contributed by atoms with Gasteiger partial charge in [0, 0.05) is 31.5 Å². The van der Waals surface area contributed by atoms with E-state index in [2.05, 4.69) is 5.32 Å². The highest BCUT2D eigenvalue weighted by Crippen LogP contribution is 2.37. The predicted octanol–water partition coefficient (Wildman–Crippen LogP) is 3.07. The molecule has 0 heterocycles. The maximum atomic E-state index is 13.6. The van der Waals surface area contributed by atoms with Crippen LogP contribution in [0.3, 0.4) is 0 Å². The van der Waals surface area contributed by atoms with Crippen molar-refractivity contribution in [3.8, 4) is 11.5 Å². The monoisotopic (exact) mass is 670 g/mol. The Kier molecular flexibility index (Phi) is 12.2. The highest BCUT2D eigenvalue weighted by Gasteiger charge is 2.40. The summed E-state index contributed by atoms with van der Waals surface area (Å²) in [5.41, 5.74) is 1.58. The van der Waals surface area contributed by atoms with E-state index in [4.69, 9.17) is 9.47 Å². The summed E-state index contributed by atoms with van der Waals surface area (Å²) in [5.74, 6) is -0.392. The van der Waals surface area contributed by atoms with Gasteiger partial charge in [0.2, 0.25) is 11.8 Å². The summed E-state index contributed by atoms with van der Waals surface area (Å²) in [6, 6.07) is 8.30. The fraction of sp³-hybridized carbons (Fsp3) is 0.448. The van der Waals surface area contributed by atoms with Crippen LogP contribution < -0.4 is 14.8 Å². The number of hydrogen-bond acceptors (Lipinski definition) is 7. The van der Waals surface area contributed by atoms with Crippen LogP contribution in [-0.2, 0) is 22.7 Å². The van der Waals surface area contributed by atoms with Crippen molar-refractivity contribution in [2.75, 3.05) is 20.3 Å². The zero-order chi connectivity index (χ0) is 29.2. The van der Waals surface area contributed by atoms with E-state index in [1.54, 1.807) is 24.3 Å². The number of nitrogens with zero attached hydrogens (tertiary/aromatic N) is 1. The lowest BCUT2D eigenvalue weighted by molar-refractivity contribution is -0.139. The van der Waals surface area contributed by atoms with Crippen LogP contribution in [0.5, 0.6) is 11.5 Å². The molecule has 0 saturated heterocycles. The lowest BCUT2D eigenvalue weighted by Gasteiger charge is -2.41. The van der Waals surface area contributed by atoms with Gasteiger partial charge >= 0.3 is 0 Å². The molecule has 11 heteroatoms. The topological polar surface area (TPSA) is 129 Å². The van der Waals surface area contributed by atoms with Crippen LogP contribution >= 0.6 is 22.6 Å². The number of benzene rings is 2. The van der Waals surface area contributed by atoms with Gasteiger partial charge in [0.05, 0.1) is 29.9 Å². The van der Waals surface area contributed by atoms with Crippen LogP contribution in [0.25, 0.3) is 0 Å². The Morgan fingerprint density at radius 3 is 2.52 bits per heavy atom. The largest absolute Gasteiger partial charge is 0.493 e. The molecule has 1 aliphatic carbocycles. The number of unbranched alkanes of at least 4 members (excludes halogenated alkanes) is 1. The van der Waals surface area contributed by atoms with Gasteiger partial charge in [-0.1, -0.05) is 25.5 Å². The smallest absolute Gasteiger partial charge is 0.247 e. The molecule has 0 aliphatic heterocycles. The number of aliphatic hydroxyl groups is 3. The molecule has 218 valence electrons. The minimum atomic E-state index is -1.22. The molecule has 0 radical (unpaired) electrons. The number of carbonyl (C=O) groups excluding carboxylic acids is 2. The number of amides is 2. The number of halogens is 2. The first kappa shape index (κ1) is 31.8. The van der Waals surface area contributed by atoms with Crippen molar-refractivity contribution in [3.05, 3.63) is 68.6 Å². The van der Waals surface area contributed by atoms with Gasteiger partial charge in [0.1, 0.15) is 18.0 Å². The first-order valence-electron chi connectivity index (χ1n) is 13.2. The van der Waals surface area contributed by atoms with Gasteiger partial charge in [-0.3, -0.25) is 9.59 Å². The van der Waals surface area contributed by atoms with E-state index in [1.807, 2.05) is 29.5 Å². The van der Waals surface area contributed by atoms with E-state index < -0.39 is 30.0 Å². The molecule has 2 aromatic rings. The Bertz CT molecular complexity index is 1190. The Balaban J connectivity index is 2.02. The predicted molar refractivity (Wildman–Crippen MR) is 155 cm³/mol. The van der Waals surface area contributed by atoms with Crippen molar-refractivity contribution in [3.63, 3.8) is 0 Å². The Hall–Kier alpha value is -2.74. The van der Waals surface area contributed by atoms with Gasteiger partial charge < -0.3 is 35.0 Å². The van der Waals surface area contributed by atoms with Crippen LogP contribution in [0, 0.1) is 9.39 Å². The molecule has 2 amide bonds. The fourth-order valence-electron chi connectivity index (χ4n) is 4.54. The average molecular weight is 671 g/mol. The number of hydrogen-bond donors (Lipinski definition) is 4. The first-order chi connectivity index (χ1) is 19.2. The summed E-state index contributed by atoms with van der Waals surface area (Å²) in [6.07, 6.45) is 1.00. The molecule has 3 rings (SSSR count). The molecular weight excluding hydrogens is 634 g/mol. The second-order valence-electron chi connectivity index (χ2n) is 9.53. The Morgan fingerprint density at radius 2 is 1.90 bits per heavy atom. The highest BCUT2D eigenvalue weighted by atomic mass is 127. The van der Waals surface area contributed by atoms with Gasteiger partial charge in [-0.05, 0) is 70.5 Å². The van der Waals surface area contributed by atoms with Crippen molar-refractivity contribution >= 4 is 34.4 Å². The lowest BCUT2D eigenvalue weighted by atomic mass is 9.87. The van der Waals surface area contributed by atoms with Crippen molar-refractivity contribution in [1.82, 2.24) is 10.2 Å². The van der Waals surface area contributed by atoms with Gasteiger partial charge in [-0.2, -0.15) is 0 Å². The van der Waals surface area contributed by atoms with E-state index in [9.17, 15) is 29.3 Å². The van der Waals surface area contributed by atoms with Crippen LogP contribution in [0.15, 0.2) is 48.0 Å². The third kappa shape index (κ3) is 8.15. The second kappa shape index (κ2) is 15.3. The minimum absolute atomic E-state index is 0.0397. The van der Waals surface area contributed by atoms with Crippen molar-refractivity contribution in [1.29, 1.82) is 0 Å². The second-order valence-corrected chi connectivity index (χ2v) is 10.7. The normalized spacial score (nSPS) is 18.6. The number of ether oxygens (including phenoxy) is 2. The van der Waals surface area contributed by atoms with E-state index in [1.165, 1.54) is 30.2 Å². The standard InChI is InChI=1S/C29H36FIN2O7/c1-3-4-5-26(36)33(16-18-6-8-21(30)9-7-18)23-14-20(29(38)32-10-11-34)15-24(27(23)37)40-28-22(31)12-19(17-35)13-25(28)39-2/h6-9,12-13,15,23-24,27,34-35,37H,3-5,10-11,14,16-17H2,1-2H3,(H,32,38). The first-order valence-corrected chi connectivity index (χ1v) is 14.3. The van der Waals surface area contributed by atoms with Gasteiger partial charge in [0.15, 0.2) is 11.5 Å². The number of carbonyl (C=O) groups is 2. The van der Waals surface area contributed by atoms with Crippen molar-refractivity contribution in [2.24, 2.45) is 0 Å². The van der Waals surface area contributed by atoms with Gasteiger partial charge in [-0.15, -0.1) is 0 Å². The molecule has 4 N–H and O–H groups in total. The van der Waals surface area contributed by atoms with Crippen LogP contribution in [0.4, 0.5) is 4.39 Å². The molecule has 3 unspecified atom stereocenters. The van der Waals surface area contributed by atoms with Crippen molar-refractivity contribution in [2.45, 2.75) is 64.0 Å². The SMILES string of the molecule is CCCCC(=O)N(Cc1ccc(F)cc1)C1CC(C(=O)NCCO)=CC(Oc2c(I)cc(CO)cc2OC)C1O. The van der Waals surface area contributed by atoms with Gasteiger partial charge in [-0.25, -0.2) is 4.39 Å². The summed E-state index contributed by atoms with van der Waals surface area (Å²) in [7, 11) is 1.46. The minimum Gasteiger partial charge on any atom is -0.493 e. The molecule has 0 spiro atoms. The van der Waals surface area contributed by atoms with Crippen molar-refractivity contribution < 1.29 is 38.8 Å². The maximum absolute atomic E-state index is 13.6. The molecule has 0 bridgehead atoms. The molecule has 1 aliphatic rings. The summed E-state index contributed by atoms with van der Waals surface area (Å²) >= 11 is 2.04. The Labute approximate surface area is 247 Å². The van der Waals surface area contributed by atoms with Crippen LogP contribution in [0.2, 0.25) is 0 Å². The third-order valence-electron chi connectivity index (χ3n) is 6.67. The molecule has 9 nitrogen and oxygen atoms in total. The van der Waals surface area contributed by atoms with Gasteiger partial charge in [0.25, 0.3) is 0 Å². The molecule has 0 saturated carbocycles. The summed E-state index contributed by atoms with van der Waals surface area (Å²) in [5, 5.41) is 33.0. The van der Waals surface area contributed by atoms with E-state index >= 15 is 0 Å². The zero-order valence-corrected chi connectivity index (χ0v) is 24.8. The third-order valence-corrected chi connectivity index (χ3v) is 7.47. The molecule has 0 fully saturated rings. The fourth-order valence-corrected chi connectivity index (χ4v) is 5.34. The highest BCUT2D eigenvalue weighted by molar-refractivity contribution is 14.1. The van der Waals surface area contributed by atoms with E-state index in [-0.39, 0.29) is 45.1 Å².